The van der Waals surface area contributed by atoms with Gasteiger partial charge in [0.05, 0.1) is 11.2 Å². The highest BCUT2D eigenvalue weighted by Gasteiger charge is 2.68. The van der Waals surface area contributed by atoms with Crippen LogP contribution in [0.2, 0.25) is 0 Å². The van der Waals surface area contributed by atoms with Gasteiger partial charge in [0.25, 0.3) is 0 Å². The van der Waals surface area contributed by atoms with Gasteiger partial charge in [0, 0.05) is 18.4 Å². The van der Waals surface area contributed by atoms with Crippen molar-refractivity contribution in [2.24, 2.45) is 16.7 Å². The maximum Gasteiger partial charge on any atom is 0.0773 e. The van der Waals surface area contributed by atoms with Crippen LogP contribution in [0.5, 0.6) is 0 Å². The standard InChI is InChI=1S/C18H35NO2/c1-7-19(8-2)13-16(5,20)12-18(21)11-14-9-10-17(18,6)15(14,3)4/h14,20-21H,7-13H2,1-6H3/t14-,16-,17-,18+/m1/s1. The van der Waals surface area contributed by atoms with Gasteiger partial charge in [-0.15, -0.1) is 0 Å². The van der Waals surface area contributed by atoms with Crippen molar-refractivity contribution >= 4 is 0 Å². The molecule has 124 valence electrons. The first-order valence-corrected chi connectivity index (χ1v) is 8.68. The Morgan fingerprint density at radius 3 is 2.14 bits per heavy atom. The van der Waals surface area contributed by atoms with E-state index in [1.807, 2.05) is 6.92 Å². The zero-order valence-corrected chi connectivity index (χ0v) is 14.9. The van der Waals surface area contributed by atoms with Crippen LogP contribution in [0, 0.1) is 16.7 Å². The lowest BCUT2D eigenvalue weighted by molar-refractivity contribution is -0.139. The molecular weight excluding hydrogens is 262 g/mol. The van der Waals surface area contributed by atoms with Crippen LogP contribution >= 0.6 is 0 Å². The third-order valence-corrected chi connectivity index (χ3v) is 7.18. The Morgan fingerprint density at radius 1 is 1.19 bits per heavy atom. The average molecular weight is 297 g/mol. The van der Waals surface area contributed by atoms with E-state index >= 15 is 0 Å². The summed E-state index contributed by atoms with van der Waals surface area (Å²) < 4.78 is 0. The number of rotatable bonds is 6. The monoisotopic (exact) mass is 297 g/mol. The van der Waals surface area contributed by atoms with Crippen LogP contribution in [-0.2, 0) is 0 Å². The van der Waals surface area contributed by atoms with Gasteiger partial charge in [-0.1, -0.05) is 34.6 Å². The lowest BCUT2D eigenvalue weighted by Gasteiger charge is -2.48. The van der Waals surface area contributed by atoms with Gasteiger partial charge in [-0.2, -0.15) is 0 Å². The summed E-state index contributed by atoms with van der Waals surface area (Å²) in [6, 6.07) is 0. The van der Waals surface area contributed by atoms with Gasteiger partial charge in [0.15, 0.2) is 0 Å². The Morgan fingerprint density at radius 2 is 1.76 bits per heavy atom. The highest BCUT2D eigenvalue weighted by Crippen LogP contribution is 2.70. The third kappa shape index (κ3) is 2.55. The Kier molecular flexibility index (Phi) is 4.28. The summed E-state index contributed by atoms with van der Waals surface area (Å²) in [6.07, 6.45) is 3.66. The summed E-state index contributed by atoms with van der Waals surface area (Å²) >= 11 is 0. The molecule has 2 saturated carbocycles. The van der Waals surface area contributed by atoms with Crippen molar-refractivity contribution in [1.82, 2.24) is 4.90 Å². The second-order valence-corrected chi connectivity index (χ2v) is 8.66. The molecule has 2 fully saturated rings. The molecule has 0 aromatic heterocycles. The second-order valence-electron chi connectivity index (χ2n) is 8.66. The molecule has 0 saturated heterocycles. The van der Waals surface area contributed by atoms with Crippen LogP contribution in [0.3, 0.4) is 0 Å². The summed E-state index contributed by atoms with van der Waals surface area (Å²) in [4.78, 5) is 2.24. The summed E-state index contributed by atoms with van der Waals surface area (Å²) in [5.74, 6) is 0.594. The molecule has 2 aliphatic carbocycles. The van der Waals surface area contributed by atoms with Gasteiger partial charge in [0.2, 0.25) is 0 Å². The fraction of sp³-hybridized carbons (Fsp3) is 1.00. The number of likely N-dealkylation sites (N-methyl/N-ethyl adjacent to an activating group) is 1. The van der Waals surface area contributed by atoms with Crippen molar-refractivity contribution in [3.05, 3.63) is 0 Å². The Balaban J connectivity index is 2.16. The molecule has 3 heteroatoms. The van der Waals surface area contributed by atoms with Gasteiger partial charge in [0.1, 0.15) is 0 Å². The van der Waals surface area contributed by atoms with E-state index in [1.54, 1.807) is 0 Å². The van der Waals surface area contributed by atoms with E-state index in [4.69, 9.17) is 0 Å². The predicted molar refractivity (Wildman–Crippen MR) is 87.2 cm³/mol. The number of hydrogen-bond acceptors (Lipinski definition) is 3. The van der Waals surface area contributed by atoms with E-state index < -0.39 is 11.2 Å². The molecule has 21 heavy (non-hydrogen) atoms. The predicted octanol–water partition coefficient (Wildman–Crippen LogP) is 3.05. The lowest BCUT2D eigenvalue weighted by atomic mass is 9.62. The molecule has 3 nitrogen and oxygen atoms in total. The van der Waals surface area contributed by atoms with Crippen LogP contribution in [0.15, 0.2) is 0 Å². The zero-order valence-electron chi connectivity index (χ0n) is 14.9. The lowest BCUT2D eigenvalue weighted by Crippen LogP contribution is -2.54. The largest absolute Gasteiger partial charge is 0.389 e. The van der Waals surface area contributed by atoms with Gasteiger partial charge >= 0.3 is 0 Å². The Labute approximate surface area is 130 Å². The molecule has 2 rings (SSSR count). The van der Waals surface area contributed by atoms with Crippen molar-refractivity contribution in [2.45, 2.75) is 78.4 Å². The topological polar surface area (TPSA) is 43.7 Å². The Bertz CT molecular complexity index is 389. The van der Waals surface area contributed by atoms with E-state index in [-0.39, 0.29) is 10.8 Å². The van der Waals surface area contributed by atoms with Gasteiger partial charge < -0.3 is 15.1 Å². The molecule has 2 N–H and O–H groups in total. The van der Waals surface area contributed by atoms with Crippen LogP contribution in [-0.4, -0.2) is 45.9 Å². The molecule has 2 aliphatic rings. The molecule has 0 unspecified atom stereocenters. The molecule has 2 bridgehead atoms. The number of hydrogen-bond donors (Lipinski definition) is 2. The van der Waals surface area contributed by atoms with Crippen LogP contribution < -0.4 is 0 Å². The second kappa shape index (κ2) is 5.21. The van der Waals surface area contributed by atoms with Crippen LogP contribution in [0.25, 0.3) is 0 Å². The summed E-state index contributed by atoms with van der Waals surface area (Å²) in [7, 11) is 0. The molecule has 4 atom stereocenters. The molecule has 0 spiro atoms. The number of nitrogens with zero attached hydrogens (tertiary/aromatic N) is 1. The number of fused-ring (bicyclic) bond motifs is 2. The van der Waals surface area contributed by atoms with Crippen LogP contribution in [0.4, 0.5) is 0 Å². The van der Waals surface area contributed by atoms with Crippen LogP contribution in [0.1, 0.15) is 67.2 Å². The van der Waals surface area contributed by atoms with Gasteiger partial charge in [-0.3, -0.25) is 0 Å². The van der Waals surface area contributed by atoms with Crippen molar-refractivity contribution < 1.29 is 10.2 Å². The summed E-state index contributed by atoms with van der Waals surface area (Å²) in [6.45, 7) is 15.5. The first kappa shape index (κ1) is 17.2. The van der Waals surface area contributed by atoms with E-state index in [1.165, 1.54) is 6.42 Å². The van der Waals surface area contributed by atoms with E-state index in [0.29, 0.717) is 18.9 Å². The fourth-order valence-electron chi connectivity index (χ4n) is 5.30. The van der Waals surface area contributed by atoms with E-state index in [0.717, 1.165) is 25.9 Å². The normalized spacial score (nSPS) is 40.7. The van der Waals surface area contributed by atoms with Gasteiger partial charge in [-0.25, -0.2) is 0 Å². The summed E-state index contributed by atoms with van der Waals surface area (Å²) in [5, 5.41) is 22.3. The fourth-order valence-corrected chi connectivity index (χ4v) is 5.30. The van der Waals surface area contributed by atoms with Crippen molar-refractivity contribution in [2.75, 3.05) is 19.6 Å². The van der Waals surface area contributed by atoms with Gasteiger partial charge in [-0.05, 0) is 50.6 Å². The minimum atomic E-state index is -0.829. The van der Waals surface area contributed by atoms with Crippen molar-refractivity contribution in [3.63, 3.8) is 0 Å². The minimum Gasteiger partial charge on any atom is -0.389 e. The first-order valence-electron chi connectivity index (χ1n) is 8.68. The maximum atomic E-state index is 11.4. The molecule has 0 aromatic carbocycles. The smallest absolute Gasteiger partial charge is 0.0773 e. The third-order valence-electron chi connectivity index (χ3n) is 7.18. The molecule has 0 aromatic rings. The quantitative estimate of drug-likeness (QED) is 0.792. The molecule has 0 heterocycles. The molecular formula is C18H35NO2. The average Bonchev–Trinajstić information content (AvgIpc) is 2.66. The summed E-state index contributed by atoms with van der Waals surface area (Å²) in [5.41, 5.74) is -1.45. The SMILES string of the molecule is CCN(CC)C[C@](C)(O)C[C@@]1(O)C[C@H]2CC[C@]1(C)C2(C)C. The zero-order chi connectivity index (χ0) is 16.1. The maximum absolute atomic E-state index is 11.4. The first-order chi connectivity index (χ1) is 9.51. The van der Waals surface area contributed by atoms with E-state index in [9.17, 15) is 10.2 Å². The highest BCUT2D eigenvalue weighted by atomic mass is 16.3. The Hall–Kier alpha value is -0.120. The van der Waals surface area contributed by atoms with Crippen molar-refractivity contribution in [3.8, 4) is 0 Å². The van der Waals surface area contributed by atoms with Crippen molar-refractivity contribution in [1.29, 1.82) is 0 Å². The molecule has 0 amide bonds. The number of aliphatic hydroxyl groups is 2. The highest BCUT2D eigenvalue weighted by molar-refractivity contribution is 5.18. The minimum absolute atomic E-state index is 0.0715. The van der Waals surface area contributed by atoms with E-state index in [2.05, 4.69) is 39.5 Å². The molecule has 0 aliphatic heterocycles. The molecule has 0 radical (unpaired) electrons.